The van der Waals surface area contributed by atoms with E-state index in [-0.39, 0.29) is 12.5 Å². The molecule has 0 unspecified atom stereocenters. The maximum atomic E-state index is 12.6. The van der Waals surface area contributed by atoms with Crippen molar-refractivity contribution in [2.24, 2.45) is 0 Å². The maximum absolute atomic E-state index is 12.6. The minimum Gasteiger partial charge on any atom is -0.340 e. The molecule has 0 heterocycles. The molecule has 6 nitrogen and oxygen atoms in total. The van der Waals surface area contributed by atoms with Crippen molar-refractivity contribution in [2.75, 3.05) is 40.3 Å². The molecule has 0 bridgehead atoms. The lowest BCUT2D eigenvalue weighted by molar-refractivity contribution is -0.128. The number of nitrogens with one attached hydrogen (secondary N) is 1. The van der Waals surface area contributed by atoms with E-state index in [1.54, 1.807) is 18.7 Å². The molecule has 0 fully saturated rings. The fourth-order valence-electron chi connectivity index (χ4n) is 2.73. The number of rotatable bonds is 8. The van der Waals surface area contributed by atoms with Gasteiger partial charge in [-0.25, -0.2) is 13.1 Å². The predicted octanol–water partition coefficient (Wildman–Crippen LogP) is 1.30. The van der Waals surface area contributed by atoms with Gasteiger partial charge in [0, 0.05) is 33.1 Å². The first-order chi connectivity index (χ1) is 11.0. The molecule has 0 aliphatic heterocycles. The van der Waals surface area contributed by atoms with Gasteiger partial charge in [-0.2, -0.15) is 0 Å². The zero-order chi connectivity index (χ0) is 18.5. The largest absolute Gasteiger partial charge is 0.340 e. The van der Waals surface area contributed by atoms with Crippen molar-refractivity contribution in [3.05, 3.63) is 28.8 Å². The number of carbonyl (C=O) groups excluding carboxylic acids is 1. The monoisotopic (exact) mass is 355 g/mol. The number of hydrogen-bond donors (Lipinski definition) is 1. The van der Waals surface area contributed by atoms with Crippen LogP contribution in [-0.4, -0.2) is 64.4 Å². The highest BCUT2D eigenvalue weighted by atomic mass is 32.2. The zero-order valence-corrected chi connectivity index (χ0v) is 16.3. The number of carbonyl (C=O) groups is 1. The molecular weight excluding hydrogens is 326 g/mol. The van der Waals surface area contributed by atoms with Crippen molar-refractivity contribution in [2.45, 2.75) is 32.6 Å². The molecule has 1 rings (SSSR count). The molecular formula is C17H29N3O3S. The number of benzene rings is 1. The summed E-state index contributed by atoms with van der Waals surface area (Å²) in [4.78, 5) is 15.6. The highest BCUT2D eigenvalue weighted by Crippen LogP contribution is 2.21. The van der Waals surface area contributed by atoms with E-state index in [0.717, 1.165) is 23.2 Å². The lowest BCUT2D eigenvalue weighted by Crippen LogP contribution is -2.40. The van der Waals surface area contributed by atoms with Crippen LogP contribution < -0.4 is 4.72 Å². The normalized spacial score (nSPS) is 11.8. The van der Waals surface area contributed by atoms with Gasteiger partial charge in [0.25, 0.3) is 0 Å². The molecule has 24 heavy (non-hydrogen) atoms. The standard InChI is InChI=1S/C17H29N3O3S/c1-13-11-14(2)17(15(3)12-13)24(22,23)18-7-8-20(16(4)21)10-9-19(5)6/h11-12,18H,7-10H2,1-6H3. The quantitative estimate of drug-likeness (QED) is 0.763. The third-order valence-corrected chi connectivity index (χ3v) is 5.58. The summed E-state index contributed by atoms with van der Waals surface area (Å²) in [6.45, 7) is 8.91. The molecule has 1 amide bonds. The fraction of sp³-hybridized carbons (Fsp3) is 0.588. The van der Waals surface area contributed by atoms with Gasteiger partial charge >= 0.3 is 0 Å². The van der Waals surface area contributed by atoms with E-state index in [9.17, 15) is 13.2 Å². The Morgan fingerprint density at radius 3 is 2.04 bits per heavy atom. The molecule has 1 aromatic carbocycles. The molecule has 136 valence electrons. The Bertz CT molecular complexity index is 661. The van der Waals surface area contributed by atoms with Crippen LogP contribution in [0.5, 0.6) is 0 Å². The first-order valence-corrected chi connectivity index (χ1v) is 9.50. The summed E-state index contributed by atoms with van der Waals surface area (Å²) >= 11 is 0. The van der Waals surface area contributed by atoms with Gasteiger partial charge in [0.2, 0.25) is 15.9 Å². The Morgan fingerprint density at radius 2 is 1.58 bits per heavy atom. The first-order valence-electron chi connectivity index (χ1n) is 8.02. The van der Waals surface area contributed by atoms with Gasteiger partial charge in [0.05, 0.1) is 4.90 Å². The summed E-state index contributed by atoms with van der Waals surface area (Å²) in [7, 11) is 0.280. The summed E-state index contributed by atoms with van der Waals surface area (Å²) in [6.07, 6.45) is 0. The minimum atomic E-state index is -3.59. The van der Waals surface area contributed by atoms with E-state index in [2.05, 4.69) is 4.72 Å². The van der Waals surface area contributed by atoms with E-state index in [4.69, 9.17) is 0 Å². The van der Waals surface area contributed by atoms with E-state index in [1.807, 2.05) is 38.1 Å². The van der Waals surface area contributed by atoms with Gasteiger partial charge in [0.15, 0.2) is 0 Å². The topological polar surface area (TPSA) is 69.7 Å². The molecule has 7 heteroatoms. The van der Waals surface area contributed by atoms with Crippen molar-refractivity contribution in [1.29, 1.82) is 0 Å². The summed E-state index contributed by atoms with van der Waals surface area (Å²) in [5.74, 6) is -0.0567. The van der Waals surface area contributed by atoms with Gasteiger partial charge < -0.3 is 9.80 Å². The Hall–Kier alpha value is -1.44. The van der Waals surface area contributed by atoms with Crippen molar-refractivity contribution >= 4 is 15.9 Å². The molecule has 0 radical (unpaired) electrons. The van der Waals surface area contributed by atoms with Crippen LogP contribution in [0.15, 0.2) is 17.0 Å². The highest BCUT2D eigenvalue weighted by Gasteiger charge is 2.20. The lowest BCUT2D eigenvalue weighted by atomic mass is 10.1. The van der Waals surface area contributed by atoms with Crippen LogP contribution >= 0.6 is 0 Å². The predicted molar refractivity (Wildman–Crippen MR) is 96.6 cm³/mol. The number of likely N-dealkylation sites (N-methyl/N-ethyl adjacent to an activating group) is 1. The average Bonchev–Trinajstić information content (AvgIpc) is 2.40. The van der Waals surface area contributed by atoms with Crippen LogP contribution in [0, 0.1) is 20.8 Å². The van der Waals surface area contributed by atoms with E-state index in [1.165, 1.54) is 6.92 Å². The van der Waals surface area contributed by atoms with Crippen molar-refractivity contribution in [1.82, 2.24) is 14.5 Å². The summed E-state index contributed by atoms with van der Waals surface area (Å²) < 4.78 is 27.8. The Morgan fingerprint density at radius 1 is 1.04 bits per heavy atom. The summed E-state index contributed by atoms with van der Waals surface area (Å²) in [5.41, 5.74) is 2.50. The smallest absolute Gasteiger partial charge is 0.241 e. The highest BCUT2D eigenvalue weighted by molar-refractivity contribution is 7.89. The van der Waals surface area contributed by atoms with Gasteiger partial charge in [-0.3, -0.25) is 4.79 Å². The molecule has 0 aliphatic carbocycles. The molecule has 0 atom stereocenters. The SMILES string of the molecule is CC(=O)N(CCNS(=O)(=O)c1c(C)cc(C)cc1C)CCN(C)C. The van der Waals surface area contributed by atoms with E-state index in [0.29, 0.717) is 18.0 Å². The second-order valence-corrected chi connectivity index (χ2v) is 8.14. The summed E-state index contributed by atoms with van der Waals surface area (Å²) in [5, 5.41) is 0. The molecule has 0 saturated carbocycles. The summed E-state index contributed by atoms with van der Waals surface area (Å²) in [6, 6.07) is 3.72. The number of aryl methyl sites for hydroxylation is 3. The number of sulfonamides is 1. The van der Waals surface area contributed by atoms with E-state index >= 15 is 0 Å². The van der Waals surface area contributed by atoms with Gasteiger partial charge in [0.1, 0.15) is 0 Å². The van der Waals surface area contributed by atoms with Crippen molar-refractivity contribution < 1.29 is 13.2 Å². The molecule has 0 aliphatic rings. The Balaban J connectivity index is 2.77. The van der Waals surface area contributed by atoms with Crippen molar-refractivity contribution in [3.8, 4) is 0 Å². The molecule has 1 aromatic rings. The lowest BCUT2D eigenvalue weighted by Gasteiger charge is -2.23. The maximum Gasteiger partial charge on any atom is 0.241 e. The minimum absolute atomic E-state index is 0.0567. The van der Waals surface area contributed by atoms with E-state index < -0.39 is 10.0 Å². The Kier molecular flexibility index (Phi) is 7.38. The number of amides is 1. The van der Waals surface area contributed by atoms with Gasteiger partial charge in [-0.05, 0) is 46.0 Å². The van der Waals surface area contributed by atoms with Crippen LogP contribution in [0.1, 0.15) is 23.6 Å². The van der Waals surface area contributed by atoms with Gasteiger partial charge in [-0.15, -0.1) is 0 Å². The van der Waals surface area contributed by atoms with Crippen LogP contribution in [0.25, 0.3) is 0 Å². The molecule has 0 aromatic heterocycles. The van der Waals surface area contributed by atoms with Crippen LogP contribution in [0.4, 0.5) is 0 Å². The molecule has 1 N–H and O–H groups in total. The van der Waals surface area contributed by atoms with Crippen LogP contribution in [-0.2, 0) is 14.8 Å². The first kappa shape index (κ1) is 20.6. The second kappa shape index (κ2) is 8.60. The molecule has 0 saturated heterocycles. The molecule has 0 spiro atoms. The van der Waals surface area contributed by atoms with Crippen LogP contribution in [0.2, 0.25) is 0 Å². The second-order valence-electron chi connectivity index (χ2n) is 6.43. The van der Waals surface area contributed by atoms with Crippen molar-refractivity contribution in [3.63, 3.8) is 0 Å². The fourth-order valence-corrected chi connectivity index (χ4v) is 4.20. The van der Waals surface area contributed by atoms with Crippen LogP contribution in [0.3, 0.4) is 0 Å². The number of hydrogen-bond acceptors (Lipinski definition) is 4. The zero-order valence-electron chi connectivity index (χ0n) is 15.5. The van der Waals surface area contributed by atoms with Gasteiger partial charge in [-0.1, -0.05) is 17.7 Å². The third kappa shape index (κ3) is 5.89. The Labute approximate surface area is 145 Å². The number of nitrogens with zero attached hydrogens (tertiary/aromatic N) is 2. The average molecular weight is 356 g/mol. The third-order valence-electron chi connectivity index (χ3n) is 3.81.